The molecule has 0 saturated heterocycles. The number of thioether (sulfide) groups is 1. The van der Waals surface area contributed by atoms with Crippen LogP contribution in [0, 0.1) is 17.2 Å². The molecule has 0 aromatic heterocycles. The summed E-state index contributed by atoms with van der Waals surface area (Å²) in [5, 5.41) is 13.3. The largest absolute Gasteiger partial charge is 0.296 e. The fraction of sp³-hybridized carbons (Fsp3) is 0.533. The third-order valence-electron chi connectivity index (χ3n) is 3.79. The van der Waals surface area contributed by atoms with E-state index >= 15 is 0 Å². The summed E-state index contributed by atoms with van der Waals surface area (Å²) in [4.78, 5) is 1.24. The molecule has 1 unspecified atom stereocenters. The van der Waals surface area contributed by atoms with Gasteiger partial charge in [-0.3, -0.25) is 5.32 Å². The van der Waals surface area contributed by atoms with Gasteiger partial charge in [0.15, 0.2) is 0 Å². The quantitative estimate of drug-likeness (QED) is 0.798. The minimum absolute atomic E-state index is 0.307. The van der Waals surface area contributed by atoms with Gasteiger partial charge in [0.05, 0.1) is 6.07 Å². The monoisotopic (exact) mass is 336 g/mol. The first kappa shape index (κ1) is 13.5. The Labute approximate surface area is 127 Å². The Morgan fingerprint density at radius 2 is 1.95 bits per heavy atom. The van der Waals surface area contributed by atoms with E-state index in [1.807, 2.05) is 0 Å². The second kappa shape index (κ2) is 5.47. The molecule has 0 bridgehead atoms. The summed E-state index contributed by atoms with van der Waals surface area (Å²) in [5.74, 6) is 1.41. The van der Waals surface area contributed by atoms with Crippen molar-refractivity contribution in [2.45, 2.75) is 42.2 Å². The van der Waals surface area contributed by atoms with Gasteiger partial charge in [-0.15, -0.1) is 11.8 Å². The highest BCUT2D eigenvalue weighted by Gasteiger charge is 2.48. The lowest BCUT2D eigenvalue weighted by Crippen LogP contribution is -2.49. The molecule has 3 rings (SSSR count). The first-order chi connectivity index (χ1) is 9.22. The van der Waals surface area contributed by atoms with Gasteiger partial charge in [-0.1, -0.05) is 15.9 Å². The summed E-state index contributed by atoms with van der Waals surface area (Å²) < 4.78 is 1.10. The Bertz CT molecular complexity index is 488. The molecule has 0 heterocycles. The van der Waals surface area contributed by atoms with Crippen molar-refractivity contribution < 1.29 is 0 Å². The van der Waals surface area contributed by atoms with Crippen LogP contribution in [-0.2, 0) is 0 Å². The molecule has 4 heteroatoms. The molecular weight excluding hydrogens is 320 g/mol. The van der Waals surface area contributed by atoms with Gasteiger partial charge >= 0.3 is 0 Å². The third-order valence-corrected chi connectivity index (χ3v) is 5.53. The molecule has 0 amide bonds. The molecule has 2 nitrogen and oxygen atoms in total. The standard InChI is InChI=1S/C15H17BrN2S/c16-12-3-7-14(8-4-12)19-10-15(9-17,11-1-2-11)18-13-5-6-13/h3-4,7-8,11,13,18H,1-2,5-6,10H2. The Kier molecular flexibility index (Phi) is 3.88. The van der Waals surface area contributed by atoms with Crippen molar-refractivity contribution in [3.8, 4) is 6.07 Å². The van der Waals surface area contributed by atoms with Gasteiger partial charge in [0.2, 0.25) is 0 Å². The van der Waals surface area contributed by atoms with Crippen LogP contribution < -0.4 is 5.32 Å². The number of rotatable bonds is 6. The molecule has 2 saturated carbocycles. The molecular formula is C15H17BrN2S. The summed E-state index contributed by atoms with van der Waals surface area (Å²) >= 11 is 5.24. The summed E-state index contributed by atoms with van der Waals surface area (Å²) in [5.41, 5.74) is -0.307. The normalized spacial score (nSPS) is 21.7. The van der Waals surface area contributed by atoms with Crippen LogP contribution in [0.2, 0.25) is 0 Å². The zero-order valence-corrected chi connectivity index (χ0v) is 13.1. The molecule has 1 aromatic rings. The van der Waals surface area contributed by atoms with Gasteiger partial charge < -0.3 is 0 Å². The highest BCUT2D eigenvalue weighted by Crippen LogP contribution is 2.43. The Balaban J connectivity index is 1.67. The first-order valence-corrected chi connectivity index (χ1v) is 8.57. The Morgan fingerprint density at radius 1 is 1.26 bits per heavy atom. The number of nitrogens with zero attached hydrogens (tertiary/aromatic N) is 1. The molecule has 1 atom stereocenters. The fourth-order valence-electron chi connectivity index (χ4n) is 2.33. The minimum Gasteiger partial charge on any atom is -0.296 e. The van der Waals surface area contributed by atoms with Crippen molar-refractivity contribution in [3.63, 3.8) is 0 Å². The summed E-state index contributed by atoms with van der Waals surface area (Å²) in [6.07, 6.45) is 4.88. The Morgan fingerprint density at radius 3 is 2.47 bits per heavy atom. The molecule has 100 valence electrons. The molecule has 19 heavy (non-hydrogen) atoms. The van der Waals surface area contributed by atoms with Crippen LogP contribution in [-0.4, -0.2) is 17.3 Å². The van der Waals surface area contributed by atoms with Crippen LogP contribution >= 0.6 is 27.7 Å². The van der Waals surface area contributed by atoms with E-state index in [1.165, 1.54) is 30.6 Å². The van der Waals surface area contributed by atoms with E-state index in [1.54, 1.807) is 11.8 Å². The molecule has 2 aliphatic rings. The van der Waals surface area contributed by atoms with Crippen LogP contribution in [0.15, 0.2) is 33.6 Å². The summed E-state index contributed by atoms with van der Waals surface area (Å²) in [6.45, 7) is 0. The van der Waals surface area contributed by atoms with Crippen molar-refractivity contribution in [2.75, 3.05) is 5.75 Å². The maximum Gasteiger partial charge on any atom is 0.119 e. The number of halogens is 1. The highest BCUT2D eigenvalue weighted by molar-refractivity contribution is 9.10. The third kappa shape index (κ3) is 3.34. The number of hydrogen-bond acceptors (Lipinski definition) is 3. The second-order valence-electron chi connectivity index (χ2n) is 5.52. The van der Waals surface area contributed by atoms with Gasteiger partial charge in [0.25, 0.3) is 0 Å². The maximum absolute atomic E-state index is 9.65. The first-order valence-electron chi connectivity index (χ1n) is 6.79. The molecule has 0 radical (unpaired) electrons. The van der Waals surface area contributed by atoms with Crippen LogP contribution in [0.1, 0.15) is 25.7 Å². The number of nitrogens with one attached hydrogen (secondary N) is 1. The van der Waals surface area contributed by atoms with Crippen molar-refractivity contribution in [1.82, 2.24) is 5.32 Å². The number of benzene rings is 1. The van der Waals surface area contributed by atoms with E-state index in [4.69, 9.17) is 0 Å². The highest BCUT2D eigenvalue weighted by atomic mass is 79.9. The average molecular weight is 337 g/mol. The predicted octanol–water partition coefficient (Wildman–Crippen LogP) is 3.97. The van der Waals surface area contributed by atoms with E-state index in [0.29, 0.717) is 12.0 Å². The van der Waals surface area contributed by atoms with Crippen LogP contribution in [0.25, 0.3) is 0 Å². The van der Waals surface area contributed by atoms with Crippen LogP contribution in [0.4, 0.5) is 0 Å². The molecule has 1 N–H and O–H groups in total. The van der Waals surface area contributed by atoms with E-state index in [2.05, 4.69) is 51.6 Å². The van der Waals surface area contributed by atoms with Gasteiger partial charge in [0, 0.05) is 21.2 Å². The van der Waals surface area contributed by atoms with Gasteiger partial charge in [-0.05, 0) is 55.9 Å². The SMILES string of the molecule is N#CC(CSc1ccc(Br)cc1)(NC1CC1)C1CC1. The maximum atomic E-state index is 9.65. The van der Waals surface area contributed by atoms with Crippen molar-refractivity contribution in [2.24, 2.45) is 5.92 Å². The molecule has 0 aliphatic heterocycles. The second-order valence-corrected chi connectivity index (χ2v) is 7.48. The van der Waals surface area contributed by atoms with E-state index in [0.717, 1.165) is 10.2 Å². The minimum atomic E-state index is -0.307. The lowest BCUT2D eigenvalue weighted by Gasteiger charge is -2.27. The summed E-state index contributed by atoms with van der Waals surface area (Å²) in [6, 6.07) is 11.5. The van der Waals surface area contributed by atoms with Crippen LogP contribution in [0.3, 0.4) is 0 Å². The topological polar surface area (TPSA) is 35.8 Å². The smallest absolute Gasteiger partial charge is 0.119 e. The fourth-order valence-corrected chi connectivity index (χ4v) is 3.70. The average Bonchev–Trinajstić information content (AvgIpc) is 3.28. The zero-order valence-electron chi connectivity index (χ0n) is 10.7. The van der Waals surface area contributed by atoms with Crippen LogP contribution in [0.5, 0.6) is 0 Å². The molecule has 2 aliphatic carbocycles. The lowest BCUT2D eigenvalue weighted by molar-refractivity contribution is 0.401. The number of hydrogen-bond donors (Lipinski definition) is 1. The van der Waals surface area contributed by atoms with E-state index in [9.17, 15) is 5.26 Å². The zero-order chi connectivity index (χ0) is 13.3. The molecule has 0 spiro atoms. The van der Waals surface area contributed by atoms with Gasteiger partial charge in [0.1, 0.15) is 5.54 Å². The number of nitriles is 1. The van der Waals surface area contributed by atoms with Gasteiger partial charge in [-0.25, -0.2) is 0 Å². The predicted molar refractivity (Wildman–Crippen MR) is 82.1 cm³/mol. The summed E-state index contributed by atoms with van der Waals surface area (Å²) in [7, 11) is 0. The lowest BCUT2D eigenvalue weighted by atomic mass is 9.97. The van der Waals surface area contributed by atoms with Gasteiger partial charge in [-0.2, -0.15) is 5.26 Å². The van der Waals surface area contributed by atoms with Crippen molar-refractivity contribution in [1.29, 1.82) is 5.26 Å². The van der Waals surface area contributed by atoms with Crippen molar-refractivity contribution in [3.05, 3.63) is 28.7 Å². The molecule has 1 aromatic carbocycles. The van der Waals surface area contributed by atoms with Crippen molar-refractivity contribution >= 4 is 27.7 Å². The Hall–Kier alpha value is -0.500. The van der Waals surface area contributed by atoms with E-state index in [-0.39, 0.29) is 5.54 Å². The van der Waals surface area contributed by atoms with E-state index < -0.39 is 0 Å². The molecule has 2 fully saturated rings.